The Morgan fingerprint density at radius 2 is 1.41 bits per heavy atom. The minimum Gasteiger partial charge on any atom is -0.294 e. The van der Waals surface area contributed by atoms with E-state index >= 15 is 0 Å². The van der Waals surface area contributed by atoms with Crippen LogP contribution in [0.4, 0.5) is 39.5 Å². The molecule has 3 nitrogen and oxygen atoms in total. The lowest BCUT2D eigenvalue weighted by Crippen LogP contribution is -2.33. The van der Waals surface area contributed by atoms with Crippen LogP contribution in [0, 0.1) is 5.41 Å². The monoisotopic (exact) mass is 676 g/mol. The van der Waals surface area contributed by atoms with Crippen LogP contribution in [0.3, 0.4) is 0 Å². The minimum absolute atomic E-state index is 0.196. The first kappa shape index (κ1) is 35.2. The van der Waals surface area contributed by atoms with Gasteiger partial charge in [-0.25, -0.2) is 8.42 Å². The average molecular weight is 678 g/mol. The fraction of sp³-hybridized carbons (Fsp3) is 0.400. The SMILES string of the molecule is CC(C)(CC(=O)c1ccc(/C=C/C(c2cc(Cl)c(Cl)c(Cl)c2)C(F)(F)F)cc1C(F)(F)F)CS(=O)(=O)CC(F)(F)F. The van der Waals surface area contributed by atoms with Gasteiger partial charge in [-0.3, -0.25) is 4.79 Å². The standard InChI is InChI=1S/C25H20Cl3F9O3S/c1-22(2,11-41(39,40)12-23(29,30)31)10-20(38)15-5-3-13(7-17(15)25(35,36)37)4-6-16(24(32,33)34)14-8-18(26)21(28)19(27)9-14/h3-9,16H,10-12H2,1-2H3/b6-4+. The number of carbonyl (C=O) groups excluding carboxylic acids is 1. The summed E-state index contributed by atoms with van der Waals surface area (Å²) < 4.78 is 144. The lowest BCUT2D eigenvalue weighted by atomic mass is 9.86. The van der Waals surface area contributed by atoms with Gasteiger partial charge in [0.15, 0.2) is 15.6 Å². The molecular weight excluding hydrogens is 658 g/mol. The highest BCUT2D eigenvalue weighted by molar-refractivity contribution is 7.91. The molecule has 2 aromatic rings. The molecule has 0 aliphatic carbocycles. The molecule has 0 aromatic heterocycles. The van der Waals surface area contributed by atoms with Gasteiger partial charge >= 0.3 is 18.5 Å². The maximum atomic E-state index is 13.8. The fourth-order valence-corrected chi connectivity index (χ4v) is 6.50. The second kappa shape index (κ2) is 12.3. The number of alkyl halides is 9. The van der Waals surface area contributed by atoms with Gasteiger partial charge in [-0.05, 0) is 34.7 Å². The van der Waals surface area contributed by atoms with Crippen molar-refractivity contribution in [3.63, 3.8) is 0 Å². The van der Waals surface area contributed by atoms with Crippen LogP contribution in [-0.2, 0) is 16.0 Å². The van der Waals surface area contributed by atoms with Crippen LogP contribution in [0.2, 0.25) is 15.1 Å². The van der Waals surface area contributed by atoms with Gasteiger partial charge in [-0.15, -0.1) is 0 Å². The molecule has 0 aliphatic heterocycles. The van der Waals surface area contributed by atoms with Crippen LogP contribution in [0.15, 0.2) is 36.4 Å². The molecule has 0 amide bonds. The van der Waals surface area contributed by atoms with E-state index in [1.54, 1.807) is 0 Å². The highest BCUT2D eigenvalue weighted by atomic mass is 35.5. The third kappa shape index (κ3) is 10.4. The molecule has 2 aromatic carbocycles. The number of sulfone groups is 1. The molecule has 0 saturated heterocycles. The molecule has 228 valence electrons. The molecule has 0 fully saturated rings. The van der Waals surface area contributed by atoms with E-state index in [9.17, 15) is 52.7 Å². The Kier molecular flexibility index (Phi) is 10.6. The largest absolute Gasteiger partial charge is 0.417 e. The smallest absolute Gasteiger partial charge is 0.294 e. The number of hydrogen-bond donors (Lipinski definition) is 0. The summed E-state index contributed by atoms with van der Waals surface area (Å²) in [7, 11) is -4.75. The highest BCUT2D eigenvalue weighted by Crippen LogP contribution is 2.41. The Hall–Kier alpha value is -1.96. The van der Waals surface area contributed by atoms with Crippen LogP contribution in [-0.4, -0.2) is 38.1 Å². The molecular formula is C25H20Cl3F9O3S. The minimum atomic E-state index is -5.16. The molecule has 41 heavy (non-hydrogen) atoms. The molecule has 0 N–H and O–H groups in total. The van der Waals surface area contributed by atoms with E-state index in [2.05, 4.69) is 0 Å². The zero-order valence-corrected chi connectivity index (χ0v) is 24.0. The highest BCUT2D eigenvalue weighted by Gasteiger charge is 2.41. The Morgan fingerprint density at radius 3 is 1.88 bits per heavy atom. The Morgan fingerprint density at radius 1 is 0.878 bits per heavy atom. The van der Waals surface area contributed by atoms with Gasteiger partial charge in [0.05, 0.1) is 32.3 Å². The summed E-state index contributed by atoms with van der Waals surface area (Å²) in [6, 6.07) is 3.85. The van der Waals surface area contributed by atoms with Gasteiger partial charge in [0.25, 0.3) is 0 Å². The topological polar surface area (TPSA) is 51.2 Å². The fourth-order valence-electron chi connectivity index (χ4n) is 3.99. The van der Waals surface area contributed by atoms with E-state index in [1.165, 1.54) is 0 Å². The summed E-state index contributed by atoms with van der Waals surface area (Å²) in [6.45, 7) is 2.21. The molecule has 0 aliphatic rings. The predicted octanol–water partition coefficient (Wildman–Crippen LogP) is 9.60. The van der Waals surface area contributed by atoms with Crippen molar-refractivity contribution in [1.29, 1.82) is 0 Å². The maximum Gasteiger partial charge on any atom is 0.417 e. The summed E-state index contributed by atoms with van der Waals surface area (Å²) in [4.78, 5) is 12.8. The molecule has 0 heterocycles. The Balaban J connectivity index is 2.44. The Labute approximate surface area is 244 Å². The maximum absolute atomic E-state index is 13.8. The second-order valence-corrected chi connectivity index (χ2v) is 13.1. The quantitative estimate of drug-likeness (QED) is 0.151. The van der Waals surface area contributed by atoms with Crippen LogP contribution in [0.1, 0.15) is 53.2 Å². The third-order valence-electron chi connectivity index (χ3n) is 5.48. The number of Topliss-reactive ketones (excluding diaryl/α,β-unsaturated/α-hetero) is 1. The summed E-state index contributed by atoms with van der Waals surface area (Å²) in [6.07, 6.45) is -14.7. The lowest BCUT2D eigenvalue weighted by molar-refractivity contribution is -0.139. The molecule has 16 heteroatoms. The zero-order chi connectivity index (χ0) is 31.8. The van der Waals surface area contributed by atoms with Gasteiger partial charge < -0.3 is 0 Å². The molecule has 0 spiro atoms. The molecule has 1 unspecified atom stereocenters. The molecule has 0 bridgehead atoms. The van der Waals surface area contributed by atoms with E-state index in [1.807, 2.05) is 0 Å². The van der Waals surface area contributed by atoms with E-state index in [4.69, 9.17) is 34.8 Å². The van der Waals surface area contributed by atoms with Crippen LogP contribution in [0.5, 0.6) is 0 Å². The molecule has 0 saturated carbocycles. The van der Waals surface area contributed by atoms with Crippen molar-refractivity contribution in [2.75, 3.05) is 11.5 Å². The number of hydrogen-bond acceptors (Lipinski definition) is 3. The van der Waals surface area contributed by atoms with E-state index in [-0.39, 0.29) is 20.6 Å². The van der Waals surface area contributed by atoms with Crippen LogP contribution < -0.4 is 0 Å². The summed E-state index contributed by atoms with van der Waals surface area (Å²) >= 11 is 17.4. The summed E-state index contributed by atoms with van der Waals surface area (Å²) in [5.41, 5.74) is -4.96. The number of ketones is 1. The summed E-state index contributed by atoms with van der Waals surface area (Å²) in [5, 5.41) is -0.764. The normalized spacial score (nSPS) is 14.5. The van der Waals surface area contributed by atoms with Crippen LogP contribution in [0.25, 0.3) is 6.08 Å². The number of rotatable bonds is 9. The van der Waals surface area contributed by atoms with E-state index < -0.39 is 80.1 Å². The van der Waals surface area contributed by atoms with Crippen molar-refractivity contribution in [2.45, 2.75) is 44.7 Å². The van der Waals surface area contributed by atoms with E-state index in [0.29, 0.717) is 18.2 Å². The second-order valence-electron chi connectivity index (χ2n) is 9.89. The van der Waals surface area contributed by atoms with Gasteiger partial charge in [0, 0.05) is 12.0 Å². The van der Waals surface area contributed by atoms with Crippen molar-refractivity contribution in [3.05, 3.63) is 73.7 Å². The number of benzene rings is 2. The predicted molar refractivity (Wildman–Crippen MR) is 138 cm³/mol. The van der Waals surface area contributed by atoms with Gasteiger partial charge in [0.2, 0.25) is 0 Å². The third-order valence-corrected chi connectivity index (χ3v) is 8.67. The molecule has 0 radical (unpaired) electrons. The lowest BCUT2D eigenvalue weighted by Gasteiger charge is -2.24. The first-order valence-corrected chi connectivity index (χ1v) is 14.2. The molecule has 1 atom stereocenters. The van der Waals surface area contributed by atoms with Crippen molar-refractivity contribution >= 4 is 56.5 Å². The number of halogens is 12. The number of carbonyl (C=O) groups is 1. The van der Waals surface area contributed by atoms with Gasteiger partial charge in [-0.1, -0.05) is 72.9 Å². The van der Waals surface area contributed by atoms with Gasteiger partial charge in [-0.2, -0.15) is 39.5 Å². The molecule has 2 rings (SSSR count). The summed E-state index contributed by atoms with van der Waals surface area (Å²) in [5.74, 6) is -6.88. The van der Waals surface area contributed by atoms with Crippen molar-refractivity contribution in [1.82, 2.24) is 0 Å². The first-order chi connectivity index (χ1) is 18.3. The number of allylic oxidation sites excluding steroid dienone is 1. The zero-order valence-electron chi connectivity index (χ0n) is 20.9. The van der Waals surface area contributed by atoms with Gasteiger partial charge in [0.1, 0.15) is 5.75 Å². The van der Waals surface area contributed by atoms with Crippen molar-refractivity contribution < 1.29 is 52.7 Å². The van der Waals surface area contributed by atoms with E-state index in [0.717, 1.165) is 38.1 Å². The van der Waals surface area contributed by atoms with Crippen molar-refractivity contribution in [3.8, 4) is 0 Å². The first-order valence-electron chi connectivity index (χ1n) is 11.2. The van der Waals surface area contributed by atoms with Crippen LogP contribution >= 0.6 is 34.8 Å². The average Bonchev–Trinajstić information content (AvgIpc) is 2.72. The Bertz CT molecular complexity index is 1410. The van der Waals surface area contributed by atoms with Crippen molar-refractivity contribution in [2.24, 2.45) is 5.41 Å².